The molecule has 79 heavy (non-hydrogen) atoms. The second-order valence-corrected chi connectivity index (χ2v) is 26.1. The van der Waals surface area contributed by atoms with Crippen molar-refractivity contribution in [1.82, 2.24) is 0 Å². The van der Waals surface area contributed by atoms with E-state index in [4.69, 9.17) is 0 Å². The van der Waals surface area contributed by atoms with Crippen LogP contribution in [-0.4, -0.2) is 4.70 Å². The monoisotopic (exact) mass is 1130 g/mol. The van der Waals surface area contributed by atoms with Crippen LogP contribution in [0.1, 0.15) is 383 Å². The summed E-state index contributed by atoms with van der Waals surface area (Å²) in [6, 6.07) is 10.1. The van der Waals surface area contributed by atoms with Crippen molar-refractivity contribution in [3.8, 4) is 0 Å². The summed E-state index contributed by atoms with van der Waals surface area (Å²) in [5.74, 6) is 0. The molecule has 2 aromatic carbocycles. The summed E-state index contributed by atoms with van der Waals surface area (Å²) in [5.41, 5.74) is 29.7. The zero-order chi connectivity index (χ0) is 57.4. The van der Waals surface area contributed by atoms with E-state index in [-0.39, 0.29) is 0 Å². The van der Waals surface area contributed by atoms with Crippen LogP contribution in [0.5, 0.6) is 0 Å². The van der Waals surface area contributed by atoms with Crippen LogP contribution in [0.4, 0.5) is 0 Å². The predicted molar refractivity (Wildman–Crippen MR) is 353 cm³/mol. The molecule has 0 unspecified atom stereocenters. The Bertz CT molecular complexity index is 1780. The van der Waals surface area contributed by atoms with Gasteiger partial charge in [-0.15, -0.1) is 0 Å². The van der Waals surface area contributed by atoms with Crippen molar-refractivity contribution < 1.29 is 19.1 Å². The van der Waals surface area contributed by atoms with E-state index in [1.807, 2.05) is 14.4 Å². The normalized spacial score (nSPS) is 12.7. The van der Waals surface area contributed by atoms with Crippen molar-refractivity contribution in [3.63, 3.8) is 0 Å². The van der Waals surface area contributed by atoms with Gasteiger partial charge in [0, 0.05) is 22.3 Å². The minimum Gasteiger partial charge on any atom is -0.0654 e. The Morgan fingerprint density at radius 3 is 0.785 bits per heavy atom. The number of nitrogens with zero attached hydrogens (tertiary/aromatic N) is 2. The second-order valence-electron chi connectivity index (χ2n) is 24.6. The van der Waals surface area contributed by atoms with Crippen LogP contribution in [0.15, 0.2) is 35.4 Å². The van der Waals surface area contributed by atoms with Gasteiger partial charge in [0.15, 0.2) is 0 Å². The molecule has 0 fully saturated rings. The molecule has 0 N–H and O–H groups in total. The number of benzene rings is 2. The van der Waals surface area contributed by atoms with Crippen molar-refractivity contribution >= 4 is 11.4 Å². The Hall–Kier alpha value is -1.99. The molecular weight excluding hydrogens is 1000 g/mol. The van der Waals surface area contributed by atoms with Gasteiger partial charge in [0.2, 0.25) is 11.4 Å². The molecule has 458 valence electrons. The van der Waals surface area contributed by atoms with Gasteiger partial charge >= 0.3 is 166 Å². The Morgan fingerprint density at radius 2 is 0.494 bits per heavy atom. The molecule has 0 saturated carbocycles. The van der Waals surface area contributed by atoms with E-state index >= 15 is 0 Å². The fourth-order valence-corrected chi connectivity index (χ4v) is 13.4. The average molecular weight is 1130 g/mol. The smallest absolute Gasteiger partial charge is 0.0654 e. The van der Waals surface area contributed by atoms with Crippen LogP contribution in [0.25, 0.3) is 16.9 Å². The van der Waals surface area contributed by atoms with Crippen molar-refractivity contribution in [1.29, 1.82) is 0 Å². The van der Waals surface area contributed by atoms with Crippen LogP contribution in [0.3, 0.4) is 0 Å². The third kappa shape index (κ3) is 30.9. The molecule has 3 heteroatoms. The third-order valence-corrected chi connectivity index (χ3v) is 18.6. The molecule has 3 rings (SSSR count). The van der Waals surface area contributed by atoms with E-state index in [0.29, 0.717) is 0 Å². The predicted octanol–water partition coefficient (Wildman–Crippen LogP) is 26.6. The van der Waals surface area contributed by atoms with E-state index in [2.05, 4.69) is 93.5 Å². The van der Waals surface area contributed by atoms with Gasteiger partial charge in [-0.1, -0.05) is 133 Å². The van der Waals surface area contributed by atoms with Crippen molar-refractivity contribution in [2.45, 2.75) is 388 Å². The van der Waals surface area contributed by atoms with E-state index in [0.717, 1.165) is 62.8 Å². The molecule has 0 amide bonds. The molecule has 0 spiro atoms. The second kappa shape index (κ2) is 50.5. The summed E-state index contributed by atoms with van der Waals surface area (Å²) in [7, 11) is 0. The minimum absolute atomic E-state index is 1.03. The molecule has 1 heterocycles. The molecular formula is C76H134N2Ni. The Labute approximate surface area is 501 Å². The maximum atomic E-state index is 12.8. The molecule has 1 aliphatic heterocycles. The SMILES string of the molecule is CCCCCCC1=C(c2cc(CCCC)c(CCCC)c(CCCC)c2)[N+](=[N-])C(c2cc(CCCC)c(CCCC)c(CCCC)c2)=C1CCCC.CCCCCCCCCCCC[CH2][Ni][CH2]CCCCCCCCCCCC. The van der Waals surface area contributed by atoms with E-state index in [9.17, 15) is 5.53 Å². The summed E-state index contributed by atoms with van der Waals surface area (Å²) < 4.78 is 1.71. The maximum absolute atomic E-state index is 12.8. The fraction of sp³-hybridized carbons (Fsp3) is 0.789. The molecule has 0 bridgehead atoms. The van der Waals surface area contributed by atoms with Crippen LogP contribution < -0.4 is 0 Å². The van der Waals surface area contributed by atoms with Gasteiger partial charge in [0.25, 0.3) is 0 Å². The van der Waals surface area contributed by atoms with Gasteiger partial charge in [-0.3, -0.25) is 0 Å². The number of hydrogen-bond acceptors (Lipinski definition) is 0. The van der Waals surface area contributed by atoms with Crippen molar-refractivity contribution in [3.05, 3.63) is 85.5 Å². The summed E-state index contributed by atoms with van der Waals surface area (Å²) >= 11 is 2.03. The third-order valence-electron chi connectivity index (χ3n) is 17.3. The number of hydrogen-bond donors (Lipinski definition) is 0. The summed E-state index contributed by atoms with van der Waals surface area (Å²) in [6.07, 6.45) is 63.2. The Kier molecular flexibility index (Phi) is 46.8. The quantitative estimate of drug-likeness (QED) is 0.0358. The molecule has 0 aliphatic carbocycles. The number of aryl methyl sites for hydroxylation is 4. The molecule has 2 nitrogen and oxygen atoms in total. The molecule has 0 radical (unpaired) electrons. The van der Waals surface area contributed by atoms with Gasteiger partial charge in [-0.2, -0.15) is 0 Å². The van der Waals surface area contributed by atoms with E-state index < -0.39 is 0 Å². The molecule has 0 aromatic heterocycles. The van der Waals surface area contributed by atoms with Gasteiger partial charge in [-0.05, 0) is 160 Å². The standard InChI is InChI=1S/C50H80N2.2C13H27.Ni/c1-9-17-25-26-34-48-47(33-24-16-8)49(43-35-39(27-18-10-2)45(31-22-14-6)40(36-43)28-19-11-3)52(51)50(48)44-37-41(29-20-12-4)46(32-23-15-7)42(38-44)30-21-13-5;2*1-3-5-7-9-11-13-12-10-8-6-4-2;/h35-38H,9-34H2,1-8H3;2*1,3-13H2,2H3;. The van der Waals surface area contributed by atoms with E-state index in [1.54, 1.807) is 15.8 Å². The summed E-state index contributed by atoms with van der Waals surface area (Å²) in [5, 5.41) is 2.86. The van der Waals surface area contributed by atoms with Gasteiger partial charge in [0.1, 0.15) is 0 Å². The molecule has 0 saturated heterocycles. The summed E-state index contributed by atoms with van der Waals surface area (Å²) in [6.45, 7) is 23.2. The first-order valence-electron chi connectivity index (χ1n) is 35.6. The first-order chi connectivity index (χ1) is 38.8. The Balaban J connectivity index is 0.000000667. The molecule has 1 aliphatic rings. The number of rotatable bonds is 52. The van der Waals surface area contributed by atoms with Crippen molar-refractivity contribution in [2.24, 2.45) is 0 Å². The minimum atomic E-state index is 1.03. The van der Waals surface area contributed by atoms with Crippen LogP contribution in [0.2, 0.25) is 10.8 Å². The fourth-order valence-electron chi connectivity index (χ4n) is 12.2. The van der Waals surface area contributed by atoms with E-state index in [1.165, 1.54) is 312 Å². The topological polar surface area (TPSA) is 25.3 Å². The zero-order valence-electron chi connectivity index (χ0n) is 54.9. The van der Waals surface area contributed by atoms with Gasteiger partial charge < -0.3 is 5.53 Å². The van der Waals surface area contributed by atoms with Crippen LogP contribution in [0, 0.1) is 0 Å². The van der Waals surface area contributed by atoms with Gasteiger partial charge in [-0.25, -0.2) is 4.70 Å². The molecule has 2 aromatic rings. The van der Waals surface area contributed by atoms with Gasteiger partial charge in [0.05, 0.1) is 0 Å². The first kappa shape index (κ1) is 73.1. The first-order valence-corrected chi connectivity index (χ1v) is 37.0. The zero-order valence-corrected chi connectivity index (χ0v) is 55.9. The Morgan fingerprint density at radius 1 is 0.266 bits per heavy atom. The van der Waals surface area contributed by atoms with Crippen LogP contribution >= 0.6 is 0 Å². The molecule has 0 atom stereocenters. The summed E-state index contributed by atoms with van der Waals surface area (Å²) in [4.78, 5) is 0. The van der Waals surface area contributed by atoms with Crippen LogP contribution in [-0.2, 0) is 53.0 Å². The number of unbranched alkanes of at least 4 members (excludes halogenated alkanes) is 30. The number of allylic oxidation sites excluding steroid dienone is 2. The van der Waals surface area contributed by atoms with Crippen molar-refractivity contribution in [2.75, 3.05) is 0 Å². The average Bonchev–Trinajstić information content (AvgIpc) is 3.89.